The minimum atomic E-state index is -0.207. The van der Waals surface area contributed by atoms with Gasteiger partial charge in [0.15, 0.2) is 5.13 Å². The van der Waals surface area contributed by atoms with Crippen LogP contribution in [0.2, 0.25) is 0 Å². The number of carbonyl (C=O) groups excluding carboxylic acids is 1. The van der Waals surface area contributed by atoms with Crippen LogP contribution in [0.15, 0.2) is 16.8 Å². The van der Waals surface area contributed by atoms with Crippen LogP contribution < -0.4 is 4.90 Å². The molecule has 0 amide bonds. The first kappa shape index (κ1) is 14.5. The molecule has 1 aliphatic rings. The van der Waals surface area contributed by atoms with Crippen molar-refractivity contribution >= 4 is 33.8 Å². The first-order valence-electron chi connectivity index (χ1n) is 7.12. The molecule has 3 rings (SSSR count). The minimum absolute atomic E-state index is 0.207. The van der Waals surface area contributed by atoms with E-state index in [1.807, 2.05) is 23.6 Å². The molecule has 0 aromatic carbocycles. The SMILES string of the molecule is CCOC(=O)Cc1csc(N2CCc3sccc3C2C)n1. The lowest BCUT2D eigenvalue weighted by Gasteiger charge is -2.33. The standard InChI is InChI=1S/C15H18N2O2S2/c1-3-19-14(18)8-11-9-21-15(16-11)17-6-4-13-12(10(17)2)5-7-20-13/h5,7,9-10H,3-4,6,8H2,1-2H3. The number of ether oxygens (including phenoxy) is 1. The normalized spacial score (nSPS) is 17.6. The summed E-state index contributed by atoms with van der Waals surface area (Å²) in [6.45, 7) is 5.44. The predicted octanol–water partition coefficient (Wildman–Crippen LogP) is 3.43. The number of thiazole rings is 1. The topological polar surface area (TPSA) is 42.4 Å². The number of anilines is 1. The van der Waals surface area contributed by atoms with E-state index in [1.165, 1.54) is 10.4 Å². The van der Waals surface area contributed by atoms with E-state index in [-0.39, 0.29) is 12.4 Å². The molecule has 1 aliphatic heterocycles. The Labute approximate surface area is 132 Å². The molecule has 0 aliphatic carbocycles. The molecule has 6 heteroatoms. The first-order valence-corrected chi connectivity index (χ1v) is 8.88. The fourth-order valence-corrected chi connectivity index (χ4v) is 4.54. The van der Waals surface area contributed by atoms with Crippen molar-refractivity contribution < 1.29 is 9.53 Å². The third kappa shape index (κ3) is 2.96. The van der Waals surface area contributed by atoms with Gasteiger partial charge < -0.3 is 9.64 Å². The third-order valence-corrected chi connectivity index (χ3v) is 5.62. The molecular formula is C15H18N2O2S2. The van der Waals surface area contributed by atoms with E-state index in [1.54, 1.807) is 11.3 Å². The van der Waals surface area contributed by atoms with Crippen molar-refractivity contribution in [1.29, 1.82) is 0 Å². The van der Waals surface area contributed by atoms with E-state index in [0.717, 1.165) is 23.8 Å². The summed E-state index contributed by atoms with van der Waals surface area (Å²) in [5.74, 6) is -0.207. The van der Waals surface area contributed by atoms with Crippen molar-refractivity contribution in [1.82, 2.24) is 4.98 Å². The third-order valence-electron chi connectivity index (χ3n) is 3.69. The zero-order chi connectivity index (χ0) is 14.8. The van der Waals surface area contributed by atoms with Crippen LogP contribution in [0, 0.1) is 0 Å². The fourth-order valence-electron chi connectivity index (χ4n) is 2.64. The zero-order valence-corrected chi connectivity index (χ0v) is 13.8. The molecule has 0 saturated carbocycles. The molecule has 1 atom stereocenters. The summed E-state index contributed by atoms with van der Waals surface area (Å²) in [6.07, 6.45) is 1.33. The summed E-state index contributed by atoms with van der Waals surface area (Å²) in [4.78, 5) is 19.9. The van der Waals surface area contributed by atoms with Crippen molar-refractivity contribution in [2.75, 3.05) is 18.1 Å². The number of esters is 1. The first-order chi connectivity index (χ1) is 10.2. The van der Waals surface area contributed by atoms with Crippen molar-refractivity contribution in [3.63, 3.8) is 0 Å². The summed E-state index contributed by atoms with van der Waals surface area (Å²) >= 11 is 3.45. The van der Waals surface area contributed by atoms with Crippen LogP contribution in [-0.4, -0.2) is 24.1 Å². The second kappa shape index (κ2) is 6.15. The highest BCUT2D eigenvalue weighted by Crippen LogP contribution is 2.37. The van der Waals surface area contributed by atoms with E-state index in [4.69, 9.17) is 4.74 Å². The molecule has 0 bridgehead atoms. The molecule has 0 spiro atoms. The van der Waals surface area contributed by atoms with Crippen molar-refractivity contribution in [2.45, 2.75) is 32.7 Å². The van der Waals surface area contributed by atoms with Gasteiger partial charge in [-0.05, 0) is 37.3 Å². The second-order valence-electron chi connectivity index (χ2n) is 5.02. The molecule has 2 aromatic rings. The van der Waals surface area contributed by atoms with Crippen molar-refractivity contribution in [2.24, 2.45) is 0 Å². The molecule has 0 N–H and O–H groups in total. The average molecular weight is 322 g/mol. The number of nitrogens with zero attached hydrogens (tertiary/aromatic N) is 2. The highest BCUT2D eigenvalue weighted by atomic mass is 32.1. The fraction of sp³-hybridized carbons (Fsp3) is 0.467. The number of fused-ring (bicyclic) bond motifs is 1. The van der Waals surface area contributed by atoms with Gasteiger partial charge in [-0.3, -0.25) is 4.79 Å². The van der Waals surface area contributed by atoms with Crippen molar-refractivity contribution in [3.05, 3.63) is 33.0 Å². The van der Waals surface area contributed by atoms with Crippen LogP contribution >= 0.6 is 22.7 Å². The highest BCUT2D eigenvalue weighted by Gasteiger charge is 2.26. The Hall–Kier alpha value is -1.40. The molecule has 0 saturated heterocycles. The van der Waals surface area contributed by atoms with Gasteiger partial charge in [-0.15, -0.1) is 22.7 Å². The van der Waals surface area contributed by atoms with Crippen LogP contribution in [0.3, 0.4) is 0 Å². The summed E-state index contributed by atoms with van der Waals surface area (Å²) < 4.78 is 4.97. The zero-order valence-electron chi connectivity index (χ0n) is 12.2. The van der Waals surface area contributed by atoms with Gasteiger partial charge in [0.25, 0.3) is 0 Å². The maximum atomic E-state index is 11.5. The van der Waals surface area contributed by atoms with E-state index in [0.29, 0.717) is 12.6 Å². The van der Waals surface area contributed by atoms with Gasteiger partial charge in [0.2, 0.25) is 0 Å². The van der Waals surface area contributed by atoms with Gasteiger partial charge in [-0.2, -0.15) is 0 Å². The molecule has 21 heavy (non-hydrogen) atoms. The van der Waals surface area contributed by atoms with Gasteiger partial charge in [-0.1, -0.05) is 0 Å². The lowest BCUT2D eigenvalue weighted by Crippen LogP contribution is -2.33. The van der Waals surface area contributed by atoms with E-state index in [9.17, 15) is 4.79 Å². The Morgan fingerprint density at radius 2 is 2.38 bits per heavy atom. The summed E-state index contributed by atoms with van der Waals surface area (Å²) in [5, 5.41) is 5.12. The summed E-state index contributed by atoms with van der Waals surface area (Å²) in [5.41, 5.74) is 2.21. The van der Waals surface area contributed by atoms with Crippen molar-refractivity contribution in [3.8, 4) is 0 Å². The van der Waals surface area contributed by atoms with E-state index >= 15 is 0 Å². The van der Waals surface area contributed by atoms with E-state index in [2.05, 4.69) is 28.3 Å². The predicted molar refractivity (Wildman–Crippen MR) is 86.2 cm³/mol. The van der Waals surface area contributed by atoms with Crippen LogP contribution in [0.25, 0.3) is 0 Å². The molecule has 0 fully saturated rings. The molecule has 1 unspecified atom stereocenters. The molecule has 4 nitrogen and oxygen atoms in total. The lowest BCUT2D eigenvalue weighted by atomic mass is 10.0. The largest absolute Gasteiger partial charge is 0.466 e. The Morgan fingerprint density at radius 1 is 1.52 bits per heavy atom. The van der Waals surface area contributed by atoms with Gasteiger partial charge >= 0.3 is 5.97 Å². The maximum absolute atomic E-state index is 11.5. The Bertz CT molecular complexity index is 635. The monoisotopic (exact) mass is 322 g/mol. The quantitative estimate of drug-likeness (QED) is 0.809. The number of hydrogen-bond donors (Lipinski definition) is 0. The van der Waals surface area contributed by atoms with Crippen LogP contribution in [0.4, 0.5) is 5.13 Å². The highest BCUT2D eigenvalue weighted by molar-refractivity contribution is 7.13. The molecule has 0 radical (unpaired) electrons. The molecular weight excluding hydrogens is 304 g/mol. The Balaban J connectivity index is 1.73. The van der Waals surface area contributed by atoms with Gasteiger partial charge in [-0.25, -0.2) is 4.98 Å². The minimum Gasteiger partial charge on any atom is -0.466 e. The Kier molecular flexibility index (Phi) is 4.26. The number of rotatable bonds is 4. The maximum Gasteiger partial charge on any atom is 0.311 e. The molecule has 2 aromatic heterocycles. The van der Waals surface area contributed by atoms with Gasteiger partial charge in [0.1, 0.15) is 0 Å². The summed E-state index contributed by atoms with van der Waals surface area (Å²) in [7, 11) is 0. The number of hydrogen-bond acceptors (Lipinski definition) is 6. The van der Waals surface area contributed by atoms with Crippen LogP contribution in [0.1, 0.15) is 36.0 Å². The van der Waals surface area contributed by atoms with Gasteiger partial charge in [0, 0.05) is 16.8 Å². The second-order valence-corrected chi connectivity index (χ2v) is 6.86. The smallest absolute Gasteiger partial charge is 0.311 e. The molecule has 3 heterocycles. The Morgan fingerprint density at radius 3 is 3.19 bits per heavy atom. The molecule has 112 valence electrons. The van der Waals surface area contributed by atoms with Gasteiger partial charge in [0.05, 0.1) is 24.8 Å². The van der Waals surface area contributed by atoms with Crippen LogP contribution in [-0.2, 0) is 22.4 Å². The number of aromatic nitrogens is 1. The number of thiophene rings is 1. The summed E-state index contributed by atoms with van der Waals surface area (Å²) in [6, 6.07) is 2.56. The van der Waals surface area contributed by atoms with Crippen LogP contribution in [0.5, 0.6) is 0 Å². The lowest BCUT2D eigenvalue weighted by molar-refractivity contribution is -0.142. The number of carbonyl (C=O) groups is 1. The average Bonchev–Trinajstić information content (AvgIpc) is 3.08. The van der Waals surface area contributed by atoms with E-state index < -0.39 is 0 Å².